The van der Waals surface area contributed by atoms with E-state index in [2.05, 4.69) is 34.4 Å². The molecule has 0 heterocycles. The van der Waals surface area contributed by atoms with Crippen molar-refractivity contribution in [1.29, 1.82) is 0 Å². The highest BCUT2D eigenvalue weighted by Gasteiger charge is 2.02. The molecule has 0 unspecified atom stereocenters. The molecule has 3 nitrogen and oxygen atoms in total. The highest BCUT2D eigenvalue weighted by atomic mass is 127. The van der Waals surface area contributed by atoms with E-state index in [4.69, 9.17) is 0 Å². The maximum atomic E-state index is 10.5. The first-order chi connectivity index (χ1) is 8.66. The van der Waals surface area contributed by atoms with Gasteiger partial charge in [0.05, 0.1) is 4.92 Å². The fraction of sp³-hybridized carbons (Fsp3) is 0. The number of hydrogen-bond donors (Lipinski definition) is 0. The largest absolute Gasteiger partial charge is 0.269 e. The number of nitrogens with zero attached hydrogens (tertiary/aromatic N) is 1. The molecule has 4 heteroatoms. The SMILES string of the molecule is O=[N+]([O-])c1ccc(C#Cc2ccccc2I)cc1. The van der Waals surface area contributed by atoms with Gasteiger partial charge in [0.25, 0.3) is 5.69 Å². The molecule has 0 spiro atoms. The molecule has 2 rings (SSSR count). The van der Waals surface area contributed by atoms with Crippen LogP contribution in [0.1, 0.15) is 11.1 Å². The zero-order valence-corrected chi connectivity index (χ0v) is 11.4. The molecule has 0 saturated heterocycles. The Hall–Kier alpha value is -1.87. The Bertz CT molecular complexity index is 639. The average Bonchev–Trinajstić information content (AvgIpc) is 2.38. The Labute approximate surface area is 118 Å². The fourth-order valence-electron chi connectivity index (χ4n) is 1.37. The van der Waals surface area contributed by atoms with Crippen LogP contribution in [0.2, 0.25) is 0 Å². The van der Waals surface area contributed by atoms with Gasteiger partial charge in [0.2, 0.25) is 0 Å². The van der Waals surface area contributed by atoms with E-state index in [0.29, 0.717) is 0 Å². The molecule has 2 aromatic carbocycles. The third kappa shape index (κ3) is 3.08. The number of hydrogen-bond acceptors (Lipinski definition) is 2. The van der Waals surface area contributed by atoms with Crippen molar-refractivity contribution in [2.75, 3.05) is 0 Å². The zero-order chi connectivity index (χ0) is 13.0. The molecule has 2 aromatic rings. The average molecular weight is 349 g/mol. The van der Waals surface area contributed by atoms with Crippen LogP contribution in [0.25, 0.3) is 0 Å². The summed E-state index contributed by atoms with van der Waals surface area (Å²) in [6.45, 7) is 0. The lowest BCUT2D eigenvalue weighted by molar-refractivity contribution is -0.384. The standard InChI is InChI=1S/C14H8INO2/c15-14-4-2-1-3-12(14)8-5-11-6-9-13(10-7-11)16(17)18/h1-4,6-7,9-10H. The van der Waals surface area contributed by atoms with Crippen molar-refractivity contribution in [3.63, 3.8) is 0 Å². The van der Waals surface area contributed by atoms with Crippen LogP contribution in [0.5, 0.6) is 0 Å². The van der Waals surface area contributed by atoms with E-state index in [-0.39, 0.29) is 5.69 Å². The van der Waals surface area contributed by atoms with Crippen LogP contribution < -0.4 is 0 Å². The molecule has 18 heavy (non-hydrogen) atoms. The molecule has 0 saturated carbocycles. The lowest BCUT2D eigenvalue weighted by Crippen LogP contribution is -1.87. The topological polar surface area (TPSA) is 43.1 Å². The van der Waals surface area contributed by atoms with Crippen LogP contribution in [0.3, 0.4) is 0 Å². The van der Waals surface area contributed by atoms with Crippen LogP contribution >= 0.6 is 22.6 Å². The lowest BCUT2D eigenvalue weighted by Gasteiger charge is -1.94. The molecule has 0 atom stereocenters. The predicted octanol–water partition coefficient (Wildman–Crippen LogP) is 3.60. The van der Waals surface area contributed by atoms with E-state index in [1.54, 1.807) is 12.1 Å². The Kier molecular flexibility index (Phi) is 3.95. The van der Waals surface area contributed by atoms with Gasteiger partial charge in [-0.15, -0.1) is 0 Å². The minimum Gasteiger partial charge on any atom is -0.258 e. The maximum absolute atomic E-state index is 10.5. The van der Waals surface area contributed by atoms with Gasteiger partial charge in [-0.3, -0.25) is 10.1 Å². The number of nitro groups is 1. The third-order valence-corrected chi connectivity index (χ3v) is 3.23. The molecule has 0 aliphatic carbocycles. The van der Waals surface area contributed by atoms with Gasteiger partial charge in [-0.25, -0.2) is 0 Å². The summed E-state index contributed by atoms with van der Waals surface area (Å²) in [6.07, 6.45) is 0. The van der Waals surface area contributed by atoms with Crippen LogP contribution in [-0.2, 0) is 0 Å². The van der Waals surface area contributed by atoms with Gasteiger partial charge in [0, 0.05) is 26.8 Å². The van der Waals surface area contributed by atoms with Crippen LogP contribution in [-0.4, -0.2) is 4.92 Å². The predicted molar refractivity (Wildman–Crippen MR) is 78.2 cm³/mol. The minimum absolute atomic E-state index is 0.0786. The quantitative estimate of drug-likeness (QED) is 0.342. The van der Waals surface area contributed by atoms with E-state index >= 15 is 0 Å². The van der Waals surface area contributed by atoms with Crippen LogP contribution in [0.4, 0.5) is 5.69 Å². The van der Waals surface area contributed by atoms with E-state index in [9.17, 15) is 10.1 Å². The van der Waals surface area contributed by atoms with Crippen LogP contribution in [0.15, 0.2) is 48.5 Å². The summed E-state index contributed by atoms with van der Waals surface area (Å²) in [5.41, 5.74) is 1.80. The van der Waals surface area contributed by atoms with Crippen molar-refractivity contribution in [2.24, 2.45) is 0 Å². The summed E-state index contributed by atoms with van der Waals surface area (Å²) in [4.78, 5) is 10.1. The molecule has 0 N–H and O–H groups in total. The number of nitro benzene ring substituents is 1. The third-order valence-electron chi connectivity index (χ3n) is 2.29. The van der Waals surface area contributed by atoms with Gasteiger partial charge in [0.15, 0.2) is 0 Å². The van der Waals surface area contributed by atoms with Gasteiger partial charge < -0.3 is 0 Å². The van der Waals surface area contributed by atoms with Crippen molar-refractivity contribution in [3.8, 4) is 11.8 Å². The number of rotatable bonds is 1. The second-order valence-electron chi connectivity index (χ2n) is 3.53. The summed E-state index contributed by atoms with van der Waals surface area (Å²) in [5.74, 6) is 6.04. The highest BCUT2D eigenvalue weighted by Crippen LogP contribution is 2.12. The zero-order valence-electron chi connectivity index (χ0n) is 9.26. The van der Waals surface area contributed by atoms with Gasteiger partial charge >= 0.3 is 0 Å². The molecule has 0 aliphatic heterocycles. The molecular formula is C14H8INO2. The van der Waals surface area contributed by atoms with E-state index in [1.807, 2.05) is 24.3 Å². The minimum atomic E-state index is -0.419. The van der Waals surface area contributed by atoms with E-state index in [1.165, 1.54) is 12.1 Å². The molecule has 0 aliphatic rings. The summed E-state index contributed by atoms with van der Waals surface area (Å²) in [5, 5.41) is 10.5. The molecule has 0 fully saturated rings. The first kappa shape index (κ1) is 12.6. The molecule has 0 radical (unpaired) electrons. The first-order valence-electron chi connectivity index (χ1n) is 5.18. The van der Waals surface area contributed by atoms with Gasteiger partial charge in [-0.05, 0) is 46.9 Å². The second-order valence-corrected chi connectivity index (χ2v) is 4.70. The van der Waals surface area contributed by atoms with Gasteiger partial charge in [-0.1, -0.05) is 24.0 Å². The van der Waals surface area contributed by atoms with Crippen molar-refractivity contribution >= 4 is 28.3 Å². The molecule has 0 aromatic heterocycles. The van der Waals surface area contributed by atoms with Gasteiger partial charge in [-0.2, -0.15) is 0 Å². The van der Waals surface area contributed by atoms with Crippen molar-refractivity contribution in [2.45, 2.75) is 0 Å². The maximum Gasteiger partial charge on any atom is 0.269 e. The summed E-state index contributed by atoms with van der Waals surface area (Å²) in [7, 11) is 0. The molecular weight excluding hydrogens is 341 g/mol. The van der Waals surface area contributed by atoms with E-state index in [0.717, 1.165) is 14.7 Å². The normalized spacial score (nSPS) is 9.39. The Balaban J connectivity index is 2.25. The number of halogens is 1. The Morgan fingerprint density at radius 1 is 1.00 bits per heavy atom. The molecule has 88 valence electrons. The lowest BCUT2D eigenvalue weighted by atomic mass is 10.2. The highest BCUT2D eigenvalue weighted by molar-refractivity contribution is 14.1. The summed E-state index contributed by atoms with van der Waals surface area (Å²) < 4.78 is 1.09. The number of non-ortho nitro benzene ring substituents is 1. The van der Waals surface area contributed by atoms with Crippen molar-refractivity contribution in [3.05, 3.63) is 73.3 Å². The monoisotopic (exact) mass is 349 g/mol. The van der Waals surface area contributed by atoms with Crippen LogP contribution in [0, 0.1) is 25.5 Å². The van der Waals surface area contributed by atoms with Crippen molar-refractivity contribution in [1.82, 2.24) is 0 Å². The molecule has 0 amide bonds. The Morgan fingerprint density at radius 2 is 1.67 bits per heavy atom. The van der Waals surface area contributed by atoms with E-state index < -0.39 is 4.92 Å². The fourth-order valence-corrected chi connectivity index (χ4v) is 1.89. The first-order valence-corrected chi connectivity index (χ1v) is 6.26. The smallest absolute Gasteiger partial charge is 0.258 e. The van der Waals surface area contributed by atoms with Gasteiger partial charge in [0.1, 0.15) is 0 Å². The second kappa shape index (κ2) is 5.65. The van der Waals surface area contributed by atoms with Crippen molar-refractivity contribution < 1.29 is 4.92 Å². The summed E-state index contributed by atoms with van der Waals surface area (Å²) >= 11 is 2.23. The Morgan fingerprint density at radius 3 is 2.28 bits per heavy atom. The molecule has 0 bridgehead atoms. The number of benzene rings is 2. The summed E-state index contributed by atoms with van der Waals surface area (Å²) in [6, 6.07) is 14.0.